The van der Waals surface area contributed by atoms with Crippen LogP contribution < -0.4 is 0 Å². The van der Waals surface area contributed by atoms with Crippen LogP contribution in [0.1, 0.15) is 26.2 Å². The van der Waals surface area contributed by atoms with Crippen LogP contribution in [0.4, 0.5) is 0 Å². The Labute approximate surface area is 54.8 Å². The summed E-state index contributed by atoms with van der Waals surface area (Å²) in [5, 5.41) is 0. The van der Waals surface area contributed by atoms with Crippen LogP contribution in [0.3, 0.4) is 0 Å². The van der Waals surface area contributed by atoms with E-state index in [4.69, 9.17) is 0 Å². The number of carbonyl (C=O) groups excluding carboxylic acids is 1. The highest BCUT2D eigenvalue weighted by molar-refractivity contribution is 5.98. The maximum Gasteiger partial charge on any atom is 0.159 e. The molecular formula is C8H10O. The minimum Gasteiger partial charge on any atom is -0.295 e. The lowest BCUT2D eigenvalue weighted by molar-refractivity contribution is -0.115. The fraction of sp³-hybridized carbons (Fsp3) is 0.625. The van der Waals surface area contributed by atoms with Crippen LogP contribution in [0.5, 0.6) is 0 Å². The predicted octanol–water partition coefficient (Wildman–Crippen LogP) is 1.69. The summed E-state index contributed by atoms with van der Waals surface area (Å²) in [7, 11) is 0. The smallest absolute Gasteiger partial charge is 0.159 e. The van der Waals surface area contributed by atoms with Gasteiger partial charge in [-0.05, 0) is 30.8 Å². The minimum absolute atomic E-state index is 0.368. The van der Waals surface area contributed by atoms with Crippen molar-refractivity contribution in [3.8, 4) is 0 Å². The molecule has 1 heteroatoms. The molecule has 0 atom stereocenters. The van der Waals surface area contributed by atoms with Crippen LogP contribution in [-0.4, -0.2) is 5.78 Å². The van der Waals surface area contributed by atoms with E-state index in [1.165, 1.54) is 12.8 Å². The van der Waals surface area contributed by atoms with Crippen LogP contribution in [0, 0.1) is 5.41 Å². The number of ketones is 1. The zero-order valence-electron chi connectivity index (χ0n) is 5.61. The van der Waals surface area contributed by atoms with Crippen molar-refractivity contribution >= 4 is 5.78 Å². The molecule has 0 aromatic heterocycles. The molecule has 0 bridgehead atoms. The third kappa shape index (κ3) is 0.640. The molecule has 1 nitrogen and oxygen atoms in total. The second kappa shape index (κ2) is 1.28. The average molecular weight is 122 g/mol. The molecule has 0 aliphatic heterocycles. The Morgan fingerprint density at radius 1 is 1.56 bits per heavy atom. The van der Waals surface area contributed by atoms with Gasteiger partial charge >= 0.3 is 0 Å². The zero-order valence-corrected chi connectivity index (χ0v) is 5.61. The zero-order chi connectivity index (χ0) is 6.48. The molecular weight excluding hydrogens is 112 g/mol. The summed E-state index contributed by atoms with van der Waals surface area (Å²) < 4.78 is 0. The first kappa shape index (κ1) is 5.21. The molecule has 0 unspecified atom stereocenters. The van der Waals surface area contributed by atoms with E-state index < -0.39 is 0 Å². The van der Waals surface area contributed by atoms with E-state index in [9.17, 15) is 4.79 Å². The van der Waals surface area contributed by atoms with Crippen molar-refractivity contribution in [2.24, 2.45) is 5.41 Å². The molecule has 1 fully saturated rings. The molecule has 0 heterocycles. The van der Waals surface area contributed by atoms with Crippen molar-refractivity contribution in [3.63, 3.8) is 0 Å². The molecule has 0 radical (unpaired) electrons. The Morgan fingerprint density at radius 3 is 2.44 bits per heavy atom. The SMILES string of the molecule is CC1=CC2(CC2)CC1=O. The molecule has 0 amide bonds. The Bertz CT molecular complexity index is 197. The number of hydrogen-bond acceptors (Lipinski definition) is 1. The number of carbonyl (C=O) groups is 1. The van der Waals surface area contributed by atoms with Crippen molar-refractivity contribution in [3.05, 3.63) is 11.6 Å². The normalized spacial score (nSPS) is 29.0. The number of hydrogen-bond donors (Lipinski definition) is 0. The fourth-order valence-electron chi connectivity index (χ4n) is 1.53. The van der Waals surface area contributed by atoms with Crippen LogP contribution in [0.2, 0.25) is 0 Å². The Morgan fingerprint density at radius 2 is 2.22 bits per heavy atom. The largest absolute Gasteiger partial charge is 0.295 e. The molecule has 0 N–H and O–H groups in total. The molecule has 1 spiro atoms. The molecule has 0 saturated heterocycles. The van der Waals surface area contributed by atoms with Crippen molar-refractivity contribution in [1.29, 1.82) is 0 Å². The highest BCUT2D eigenvalue weighted by Crippen LogP contribution is 2.54. The van der Waals surface area contributed by atoms with Crippen LogP contribution in [0.25, 0.3) is 0 Å². The second-order valence-electron chi connectivity index (χ2n) is 3.29. The van der Waals surface area contributed by atoms with Crippen LogP contribution >= 0.6 is 0 Å². The molecule has 2 rings (SSSR count). The first-order valence-corrected chi connectivity index (χ1v) is 3.45. The molecule has 2 aliphatic rings. The number of rotatable bonds is 0. The lowest BCUT2D eigenvalue weighted by Gasteiger charge is -1.94. The highest BCUT2D eigenvalue weighted by Gasteiger charge is 2.46. The summed E-state index contributed by atoms with van der Waals surface area (Å²) in [6, 6.07) is 0. The van der Waals surface area contributed by atoms with Gasteiger partial charge in [-0.1, -0.05) is 6.08 Å². The number of allylic oxidation sites excluding steroid dienone is 2. The van der Waals surface area contributed by atoms with Gasteiger partial charge in [0.1, 0.15) is 0 Å². The van der Waals surface area contributed by atoms with E-state index in [1.54, 1.807) is 0 Å². The first-order valence-electron chi connectivity index (χ1n) is 3.45. The lowest BCUT2D eigenvalue weighted by Crippen LogP contribution is -1.95. The van der Waals surface area contributed by atoms with E-state index in [0.29, 0.717) is 11.2 Å². The van der Waals surface area contributed by atoms with E-state index in [-0.39, 0.29) is 0 Å². The van der Waals surface area contributed by atoms with Crippen molar-refractivity contribution in [2.45, 2.75) is 26.2 Å². The van der Waals surface area contributed by atoms with Gasteiger partial charge in [-0.15, -0.1) is 0 Å². The van der Waals surface area contributed by atoms with Gasteiger partial charge < -0.3 is 0 Å². The van der Waals surface area contributed by atoms with Gasteiger partial charge in [-0.25, -0.2) is 0 Å². The monoisotopic (exact) mass is 122 g/mol. The lowest BCUT2D eigenvalue weighted by atomic mass is 10.1. The third-order valence-corrected chi connectivity index (χ3v) is 2.37. The summed E-state index contributed by atoms with van der Waals surface area (Å²) >= 11 is 0. The van der Waals surface area contributed by atoms with Crippen molar-refractivity contribution < 1.29 is 4.79 Å². The second-order valence-corrected chi connectivity index (χ2v) is 3.29. The van der Waals surface area contributed by atoms with Crippen LogP contribution in [-0.2, 0) is 4.79 Å². The Kier molecular flexibility index (Phi) is 0.743. The number of Topliss-reactive ketones (excluding diaryl/α,β-unsaturated/α-hetero) is 1. The minimum atomic E-state index is 0.368. The topological polar surface area (TPSA) is 17.1 Å². The van der Waals surface area contributed by atoms with Crippen molar-refractivity contribution in [2.75, 3.05) is 0 Å². The van der Waals surface area contributed by atoms with E-state index >= 15 is 0 Å². The van der Waals surface area contributed by atoms with Gasteiger partial charge in [-0.3, -0.25) is 4.79 Å². The summed E-state index contributed by atoms with van der Waals surface area (Å²) in [4.78, 5) is 11.0. The maximum atomic E-state index is 11.0. The summed E-state index contributed by atoms with van der Waals surface area (Å²) in [5.74, 6) is 0.368. The summed E-state index contributed by atoms with van der Waals surface area (Å²) in [6.45, 7) is 1.93. The van der Waals surface area contributed by atoms with E-state index in [0.717, 1.165) is 12.0 Å². The average Bonchev–Trinajstić information content (AvgIpc) is 2.42. The quantitative estimate of drug-likeness (QED) is 0.477. The van der Waals surface area contributed by atoms with Gasteiger partial charge in [0.2, 0.25) is 0 Å². The molecule has 1 saturated carbocycles. The molecule has 0 aromatic rings. The van der Waals surface area contributed by atoms with Crippen molar-refractivity contribution in [1.82, 2.24) is 0 Å². The predicted molar refractivity (Wildman–Crippen MR) is 35.0 cm³/mol. The van der Waals surface area contributed by atoms with Gasteiger partial charge in [0.05, 0.1) is 0 Å². The standard InChI is InChI=1S/C8H10O/c1-6-4-8(2-3-8)5-7(6)9/h4H,2-3,5H2,1H3. The maximum absolute atomic E-state index is 11.0. The Balaban J connectivity index is 2.31. The molecule has 48 valence electrons. The first-order chi connectivity index (χ1) is 4.22. The Hall–Kier alpha value is -0.590. The summed E-state index contributed by atoms with van der Waals surface area (Å²) in [6.07, 6.45) is 5.46. The van der Waals surface area contributed by atoms with Gasteiger partial charge in [-0.2, -0.15) is 0 Å². The fourth-order valence-corrected chi connectivity index (χ4v) is 1.53. The third-order valence-electron chi connectivity index (χ3n) is 2.37. The summed E-state index contributed by atoms with van der Waals surface area (Å²) in [5.41, 5.74) is 1.37. The van der Waals surface area contributed by atoms with E-state index in [1.807, 2.05) is 6.92 Å². The van der Waals surface area contributed by atoms with Crippen LogP contribution in [0.15, 0.2) is 11.6 Å². The molecule has 0 aromatic carbocycles. The van der Waals surface area contributed by atoms with Gasteiger partial charge in [0.15, 0.2) is 5.78 Å². The molecule has 9 heavy (non-hydrogen) atoms. The molecule has 2 aliphatic carbocycles. The van der Waals surface area contributed by atoms with Gasteiger partial charge in [0.25, 0.3) is 0 Å². The van der Waals surface area contributed by atoms with Gasteiger partial charge in [0, 0.05) is 6.42 Å². The van der Waals surface area contributed by atoms with E-state index in [2.05, 4.69) is 6.08 Å². The highest BCUT2D eigenvalue weighted by atomic mass is 16.1.